The molecule has 0 spiro atoms. The number of aromatic hydroxyl groups is 1. The maximum absolute atomic E-state index is 10.8. The van der Waals surface area contributed by atoms with Crippen molar-refractivity contribution in [3.63, 3.8) is 0 Å². The SMILES string of the molecule is C=CCN(CC=C)CCOc1ccc2c(c1)cc(O)c1cc(OCCN(CC=C)CC=C)ccc12. The Morgan fingerprint density at radius 2 is 1.11 bits per heavy atom. The van der Waals surface area contributed by atoms with Gasteiger partial charge >= 0.3 is 0 Å². The molecule has 0 atom stereocenters. The van der Waals surface area contributed by atoms with Gasteiger partial charge in [-0.3, -0.25) is 9.80 Å². The molecule has 0 heterocycles. The molecule has 5 heteroatoms. The second kappa shape index (κ2) is 13.4. The second-order valence-electron chi connectivity index (χ2n) is 8.36. The van der Waals surface area contributed by atoms with Gasteiger partial charge in [0.05, 0.1) is 0 Å². The lowest BCUT2D eigenvalue weighted by atomic mass is 10.0. The van der Waals surface area contributed by atoms with Crippen LogP contribution in [0.3, 0.4) is 0 Å². The molecular formula is C30H36N2O3. The van der Waals surface area contributed by atoms with Gasteiger partial charge in [0, 0.05) is 44.7 Å². The van der Waals surface area contributed by atoms with Crippen molar-refractivity contribution >= 4 is 21.5 Å². The number of phenolic OH excluding ortho intramolecular Hbond substituents is 1. The first-order valence-electron chi connectivity index (χ1n) is 11.9. The third-order valence-corrected chi connectivity index (χ3v) is 5.77. The monoisotopic (exact) mass is 472 g/mol. The summed E-state index contributed by atoms with van der Waals surface area (Å²) in [4.78, 5) is 4.40. The fourth-order valence-corrected chi connectivity index (χ4v) is 4.11. The summed E-state index contributed by atoms with van der Waals surface area (Å²) in [6, 6.07) is 13.6. The third-order valence-electron chi connectivity index (χ3n) is 5.77. The molecule has 0 radical (unpaired) electrons. The zero-order chi connectivity index (χ0) is 25.0. The smallest absolute Gasteiger partial charge is 0.124 e. The number of phenols is 1. The minimum Gasteiger partial charge on any atom is -0.507 e. The average Bonchev–Trinajstić information content (AvgIpc) is 2.85. The van der Waals surface area contributed by atoms with Crippen molar-refractivity contribution in [2.75, 3.05) is 52.5 Å². The van der Waals surface area contributed by atoms with E-state index in [2.05, 4.69) is 36.1 Å². The van der Waals surface area contributed by atoms with Crippen LogP contribution in [0.4, 0.5) is 0 Å². The molecule has 0 fully saturated rings. The first-order chi connectivity index (χ1) is 17.1. The fourth-order valence-electron chi connectivity index (χ4n) is 4.11. The molecule has 35 heavy (non-hydrogen) atoms. The molecule has 184 valence electrons. The summed E-state index contributed by atoms with van der Waals surface area (Å²) in [7, 11) is 0. The second-order valence-corrected chi connectivity index (χ2v) is 8.36. The van der Waals surface area contributed by atoms with E-state index >= 15 is 0 Å². The normalized spacial score (nSPS) is 11.1. The van der Waals surface area contributed by atoms with E-state index in [4.69, 9.17) is 9.47 Å². The third kappa shape index (κ3) is 7.22. The van der Waals surface area contributed by atoms with Gasteiger partial charge in [0.1, 0.15) is 30.5 Å². The van der Waals surface area contributed by atoms with E-state index < -0.39 is 0 Å². The van der Waals surface area contributed by atoms with Gasteiger partial charge in [-0.2, -0.15) is 0 Å². The predicted octanol–water partition coefficient (Wildman–Crippen LogP) is 5.80. The molecule has 0 saturated heterocycles. The number of hydrogen-bond acceptors (Lipinski definition) is 5. The van der Waals surface area contributed by atoms with Crippen LogP contribution >= 0.6 is 0 Å². The molecule has 0 amide bonds. The predicted molar refractivity (Wildman–Crippen MR) is 148 cm³/mol. The first-order valence-corrected chi connectivity index (χ1v) is 11.9. The van der Waals surface area contributed by atoms with Crippen molar-refractivity contribution in [3.8, 4) is 17.2 Å². The molecule has 0 aliphatic carbocycles. The molecule has 3 aromatic carbocycles. The molecule has 0 bridgehead atoms. The van der Waals surface area contributed by atoms with Crippen LogP contribution in [0.2, 0.25) is 0 Å². The highest BCUT2D eigenvalue weighted by Gasteiger charge is 2.10. The molecule has 0 aromatic heterocycles. The number of hydrogen-bond donors (Lipinski definition) is 1. The summed E-state index contributed by atoms with van der Waals surface area (Å²) < 4.78 is 11.9. The van der Waals surface area contributed by atoms with Crippen molar-refractivity contribution in [2.45, 2.75) is 0 Å². The Morgan fingerprint density at radius 1 is 0.629 bits per heavy atom. The highest BCUT2D eigenvalue weighted by Crippen LogP contribution is 2.36. The number of nitrogens with zero attached hydrogens (tertiary/aromatic N) is 2. The van der Waals surface area contributed by atoms with Gasteiger partial charge in [0.2, 0.25) is 0 Å². The van der Waals surface area contributed by atoms with Crippen LogP contribution in [-0.4, -0.2) is 67.4 Å². The Hall–Kier alpha value is -3.54. The molecule has 0 saturated carbocycles. The van der Waals surface area contributed by atoms with Crippen molar-refractivity contribution in [2.24, 2.45) is 0 Å². The number of fused-ring (bicyclic) bond motifs is 3. The molecule has 0 unspecified atom stereocenters. The number of benzene rings is 3. The molecule has 1 N–H and O–H groups in total. The fraction of sp³-hybridized carbons (Fsp3) is 0.267. The number of ether oxygens (including phenoxy) is 2. The van der Waals surface area contributed by atoms with Gasteiger partial charge < -0.3 is 14.6 Å². The summed E-state index contributed by atoms with van der Waals surface area (Å²) in [6.45, 7) is 21.0. The largest absolute Gasteiger partial charge is 0.507 e. The molecular weight excluding hydrogens is 436 g/mol. The van der Waals surface area contributed by atoms with Crippen LogP contribution in [-0.2, 0) is 0 Å². The summed E-state index contributed by atoms with van der Waals surface area (Å²) in [5.41, 5.74) is 0. The Bertz CT molecular complexity index is 1150. The standard InChI is InChI=1S/C30H36N2O3/c1-5-13-31(14-6-2)17-19-34-25-9-11-27-24(21-25)22-30(33)29-23-26(10-12-28(27)29)35-20-18-32(15-7-3)16-8-4/h5-12,21-23,33H,1-4,13-20H2. The Morgan fingerprint density at radius 3 is 1.63 bits per heavy atom. The van der Waals surface area contributed by atoms with Crippen LogP contribution in [0.15, 0.2) is 93.1 Å². The van der Waals surface area contributed by atoms with Crippen LogP contribution in [0.5, 0.6) is 17.2 Å². The van der Waals surface area contributed by atoms with E-state index in [1.165, 1.54) is 0 Å². The van der Waals surface area contributed by atoms with Gasteiger partial charge in [0.25, 0.3) is 0 Å². The Labute approximate surface area is 208 Å². The van der Waals surface area contributed by atoms with Crippen molar-refractivity contribution in [1.82, 2.24) is 9.80 Å². The lowest BCUT2D eigenvalue weighted by Crippen LogP contribution is -2.28. The lowest BCUT2D eigenvalue weighted by molar-refractivity contribution is 0.236. The quantitative estimate of drug-likeness (QED) is 0.211. The topological polar surface area (TPSA) is 45.2 Å². The van der Waals surface area contributed by atoms with Crippen molar-refractivity contribution < 1.29 is 14.6 Å². The van der Waals surface area contributed by atoms with Crippen LogP contribution in [0.1, 0.15) is 0 Å². The highest BCUT2D eigenvalue weighted by atomic mass is 16.5. The maximum Gasteiger partial charge on any atom is 0.124 e. The molecule has 3 rings (SSSR count). The summed E-state index contributed by atoms with van der Waals surface area (Å²) in [5.74, 6) is 1.73. The van der Waals surface area contributed by atoms with E-state index in [-0.39, 0.29) is 5.75 Å². The van der Waals surface area contributed by atoms with E-state index in [0.29, 0.717) is 13.2 Å². The number of rotatable bonds is 16. The zero-order valence-electron chi connectivity index (χ0n) is 20.5. The van der Waals surface area contributed by atoms with Gasteiger partial charge in [-0.05, 0) is 52.6 Å². The maximum atomic E-state index is 10.8. The first kappa shape index (κ1) is 26.1. The minimum atomic E-state index is 0.221. The van der Waals surface area contributed by atoms with Gasteiger partial charge in [-0.25, -0.2) is 0 Å². The molecule has 0 aliphatic rings. The van der Waals surface area contributed by atoms with Crippen molar-refractivity contribution in [1.29, 1.82) is 0 Å². The van der Waals surface area contributed by atoms with E-state index in [9.17, 15) is 5.11 Å². The lowest BCUT2D eigenvalue weighted by Gasteiger charge is -2.19. The van der Waals surface area contributed by atoms with E-state index in [0.717, 1.165) is 72.3 Å². The molecule has 3 aromatic rings. The molecule has 0 aliphatic heterocycles. The average molecular weight is 473 g/mol. The summed E-state index contributed by atoms with van der Waals surface area (Å²) in [6.07, 6.45) is 7.51. The Balaban J connectivity index is 1.70. The van der Waals surface area contributed by atoms with Gasteiger partial charge in [-0.15, -0.1) is 26.3 Å². The van der Waals surface area contributed by atoms with Crippen molar-refractivity contribution in [3.05, 3.63) is 93.1 Å². The van der Waals surface area contributed by atoms with E-state index in [1.54, 1.807) is 6.07 Å². The minimum absolute atomic E-state index is 0.221. The molecule has 5 nitrogen and oxygen atoms in total. The van der Waals surface area contributed by atoms with Gasteiger partial charge in [0.15, 0.2) is 0 Å². The zero-order valence-corrected chi connectivity index (χ0v) is 20.5. The van der Waals surface area contributed by atoms with Crippen LogP contribution in [0, 0.1) is 0 Å². The highest BCUT2D eigenvalue weighted by molar-refractivity contribution is 6.10. The van der Waals surface area contributed by atoms with Gasteiger partial charge in [-0.1, -0.05) is 30.4 Å². The summed E-state index contributed by atoms with van der Waals surface area (Å²) in [5, 5.41) is 14.5. The Kier molecular flexibility index (Phi) is 9.96. The van der Waals surface area contributed by atoms with E-state index in [1.807, 2.05) is 60.7 Å². The van der Waals surface area contributed by atoms with Crippen LogP contribution < -0.4 is 9.47 Å². The summed E-state index contributed by atoms with van der Waals surface area (Å²) >= 11 is 0. The van der Waals surface area contributed by atoms with Crippen LogP contribution in [0.25, 0.3) is 21.5 Å².